The first-order valence-corrected chi connectivity index (χ1v) is 7.38. The molecule has 2 unspecified atom stereocenters. The van der Waals surface area contributed by atoms with Crippen LogP contribution < -0.4 is 10.6 Å². The molecule has 1 fully saturated rings. The zero-order chi connectivity index (χ0) is 15.5. The molecule has 0 bridgehead atoms. The van der Waals surface area contributed by atoms with Crippen LogP contribution in [0.15, 0.2) is 24.3 Å². The first-order chi connectivity index (χ1) is 9.97. The second-order valence-electron chi connectivity index (χ2n) is 6.06. The lowest BCUT2D eigenvalue weighted by Gasteiger charge is -2.21. The second-order valence-corrected chi connectivity index (χ2v) is 6.06. The van der Waals surface area contributed by atoms with Crippen LogP contribution in [0.5, 0.6) is 0 Å². The Morgan fingerprint density at radius 2 is 1.95 bits per heavy atom. The fraction of sp³-hybridized carbons (Fsp3) is 0.562. The van der Waals surface area contributed by atoms with Gasteiger partial charge >= 0.3 is 6.03 Å². The summed E-state index contributed by atoms with van der Waals surface area (Å²) in [5.74, 6) is -0.227. The van der Waals surface area contributed by atoms with Crippen molar-refractivity contribution < 1.29 is 14.3 Å². The van der Waals surface area contributed by atoms with Gasteiger partial charge in [0.05, 0.1) is 0 Å². The number of aliphatic hydroxyl groups excluding tert-OH is 1. The fourth-order valence-electron chi connectivity index (χ4n) is 2.33. The van der Waals surface area contributed by atoms with Crippen LogP contribution in [-0.4, -0.2) is 30.3 Å². The molecule has 21 heavy (non-hydrogen) atoms. The van der Waals surface area contributed by atoms with Crippen molar-refractivity contribution in [3.63, 3.8) is 0 Å². The number of rotatable bonds is 6. The normalized spacial score (nSPS) is 18.7. The lowest BCUT2D eigenvalue weighted by Crippen LogP contribution is -2.46. The molecule has 0 saturated heterocycles. The molecule has 1 aliphatic rings. The molecule has 1 aliphatic carbocycles. The number of carbonyl (C=O) groups is 1. The third-order valence-corrected chi connectivity index (χ3v) is 4.40. The van der Waals surface area contributed by atoms with Crippen LogP contribution in [0.4, 0.5) is 9.18 Å². The first kappa shape index (κ1) is 15.8. The number of halogens is 1. The molecular formula is C16H23FN2O2. The molecule has 0 aromatic heterocycles. The van der Waals surface area contributed by atoms with Crippen molar-refractivity contribution in [1.82, 2.24) is 10.6 Å². The molecule has 2 amide bonds. The summed E-state index contributed by atoms with van der Waals surface area (Å²) in [4.78, 5) is 11.9. The van der Waals surface area contributed by atoms with E-state index in [2.05, 4.69) is 10.6 Å². The maximum Gasteiger partial charge on any atom is 0.315 e. The minimum Gasteiger partial charge on any atom is -0.396 e. The van der Waals surface area contributed by atoms with Gasteiger partial charge in [0.15, 0.2) is 0 Å². The molecule has 0 aliphatic heterocycles. The minimum absolute atomic E-state index is 0.0164. The maximum atomic E-state index is 13.0. The third kappa shape index (κ3) is 3.94. The molecule has 5 heteroatoms. The molecule has 0 radical (unpaired) electrons. The molecular weight excluding hydrogens is 271 g/mol. The van der Waals surface area contributed by atoms with E-state index in [1.807, 2.05) is 13.8 Å². The molecule has 0 heterocycles. The largest absolute Gasteiger partial charge is 0.396 e. The number of aliphatic hydroxyl groups is 1. The first-order valence-electron chi connectivity index (χ1n) is 7.38. The Kier molecular flexibility index (Phi) is 4.83. The Bertz CT molecular complexity index is 486. The molecule has 3 N–H and O–H groups in total. The summed E-state index contributed by atoms with van der Waals surface area (Å²) in [5, 5.41) is 14.8. The van der Waals surface area contributed by atoms with Gasteiger partial charge < -0.3 is 15.7 Å². The second kappa shape index (κ2) is 6.43. The van der Waals surface area contributed by atoms with Crippen molar-refractivity contribution in [1.29, 1.82) is 0 Å². The van der Waals surface area contributed by atoms with Crippen LogP contribution in [0, 0.1) is 11.7 Å². The van der Waals surface area contributed by atoms with E-state index in [0.29, 0.717) is 6.54 Å². The average molecular weight is 294 g/mol. The van der Waals surface area contributed by atoms with E-state index >= 15 is 0 Å². The summed E-state index contributed by atoms with van der Waals surface area (Å²) in [7, 11) is 0. The predicted molar refractivity (Wildman–Crippen MR) is 79.6 cm³/mol. The van der Waals surface area contributed by atoms with Gasteiger partial charge in [-0.1, -0.05) is 19.1 Å². The maximum absolute atomic E-state index is 13.0. The smallest absolute Gasteiger partial charge is 0.315 e. The van der Waals surface area contributed by atoms with Gasteiger partial charge in [0.25, 0.3) is 0 Å². The molecule has 4 nitrogen and oxygen atoms in total. The number of benzene rings is 1. The highest BCUT2D eigenvalue weighted by molar-refractivity contribution is 5.74. The van der Waals surface area contributed by atoms with E-state index in [1.165, 1.54) is 12.1 Å². The fourth-order valence-corrected chi connectivity index (χ4v) is 2.33. The number of hydrogen-bond acceptors (Lipinski definition) is 2. The molecule has 1 saturated carbocycles. The average Bonchev–Trinajstić information content (AvgIpc) is 3.26. The molecule has 2 atom stereocenters. The van der Waals surface area contributed by atoms with Crippen LogP contribution in [0.3, 0.4) is 0 Å². The highest BCUT2D eigenvalue weighted by atomic mass is 19.1. The van der Waals surface area contributed by atoms with E-state index in [9.17, 15) is 9.18 Å². The van der Waals surface area contributed by atoms with Gasteiger partial charge in [0, 0.05) is 24.6 Å². The van der Waals surface area contributed by atoms with Crippen molar-refractivity contribution in [2.75, 3.05) is 13.2 Å². The van der Waals surface area contributed by atoms with Gasteiger partial charge in [-0.25, -0.2) is 9.18 Å². The molecule has 2 rings (SSSR count). The van der Waals surface area contributed by atoms with Gasteiger partial charge in [-0.15, -0.1) is 0 Å². The van der Waals surface area contributed by atoms with E-state index in [0.717, 1.165) is 18.4 Å². The summed E-state index contributed by atoms with van der Waals surface area (Å²) in [6, 6.07) is 6.18. The van der Waals surface area contributed by atoms with Crippen LogP contribution >= 0.6 is 0 Å². The summed E-state index contributed by atoms with van der Waals surface area (Å²) in [6.07, 6.45) is 2.00. The van der Waals surface area contributed by atoms with E-state index in [4.69, 9.17) is 5.11 Å². The highest BCUT2D eigenvalue weighted by Gasteiger charge is 2.44. The monoisotopic (exact) mass is 294 g/mol. The minimum atomic E-state index is -0.243. The Morgan fingerprint density at radius 3 is 2.48 bits per heavy atom. The lowest BCUT2D eigenvalue weighted by atomic mass is 9.96. The summed E-state index contributed by atoms with van der Waals surface area (Å²) in [5.41, 5.74) is 1.03. The Labute approximate surface area is 124 Å². The van der Waals surface area contributed by atoms with E-state index < -0.39 is 0 Å². The quantitative estimate of drug-likeness (QED) is 0.753. The van der Waals surface area contributed by atoms with E-state index in [-0.39, 0.29) is 35.8 Å². The number of hydrogen-bond donors (Lipinski definition) is 3. The Hall–Kier alpha value is -1.62. The molecule has 1 aromatic rings. The summed E-state index contributed by atoms with van der Waals surface area (Å²) >= 11 is 0. The van der Waals surface area contributed by atoms with Crippen LogP contribution in [0.1, 0.15) is 32.3 Å². The van der Waals surface area contributed by atoms with Gasteiger partial charge in [-0.05, 0) is 43.4 Å². The number of nitrogens with one attached hydrogen (secondary N) is 2. The lowest BCUT2D eigenvalue weighted by molar-refractivity contribution is 0.200. The molecule has 0 spiro atoms. The topological polar surface area (TPSA) is 61.4 Å². The van der Waals surface area contributed by atoms with Crippen molar-refractivity contribution >= 4 is 6.03 Å². The summed E-state index contributed by atoms with van der Waals surface area (Å²) < 4.78 is 13.0. The standard InChI is InChI=1S/C16H23FN2O2/c1-11(9-20)12(2)19-15(21)18-10-16(7-8-16)13-3-5-14(17)6-4-13/h3-6,11-12,20H,7-10H2,1-2H3,(H2,18,19,21). The molecule has 1 aromatic carbocycles. The van der Waals surface area contributed by atoms with Gasteiger partial charge in [0.2, 0.25) is 0 Å². The van der Waals surface area contributed by atoms with Crippen LogP contribution in [0.2, 0.25) is 0 Å². The SMILES string of the molecule is CC(CO)C(C)NC(=O)NCC1(c2ccc(F)cc2)CC1. The predicted octanol–water partition coefficient (Wildman–Crippen LogP) is 2.17. The Morgan fingerprint density at radius 1 is 1.33 bits per heavy atom. The van der Waals surface area contributed by atoms with Crippen LogP contribution in [0.25, 0.3) is 0 Å². The van der Waals surface area contributed by atoms with Crippen molar-refractivity contribution in [3.05, 3.63) is 35.6 Å². The highest BCUT2D eigenvalue weighted by Crippen LogP contribution is 2.47. The van der Waals surface area contributed by atoms with Crippen molar-refractivity contribution in [3.8, 4) is 0 Å². The summed E-state index contributed by atoms with van der Waals surface area (Å²) in [6.45, 7) is 4.34. The zero-order valence-electron chi connectivity index (χ0n) is 12.5. The number of amides is 2. The third-order valence-electron chi connectivity index (χ3n) is 4.40. The molecule has 116 valence electrons. The van der Waals surface area contributed by atoms with Gasteiger partial charge in [-0.2, -0.15) is 0 Å². The van der Waals surface area contributed by atoms with Crippen molar-refractivity contribution in [2.45, 2.75) is 38.1 Å². The number of carbonyl (C=O) groups excluding carboxylic acids is 1. The van der Waals surface area contributed by atoms with E-state index in [1.54, 1.807) is 12.1 Å². The van der Waals surface area contributed by atoms with Crippen molar-refractivity contribution in [2.24, 2.45) is 5.92 Å². The zero-order valence-corrected chi connectivity index (χ0v) is 12.5. The Balaban J connectivity index is 1.85. The van der Waals surface area contributed by atoms with Gasteiger partial charge in [-0.3, -0.25) is 0 Å². The number of urea groups is 1. The van der Waals surface area contributed by atoms with Crippen LogP contribution in [-0.2, 0) is 5.41 Å². The van der Waals surface area contributed by atoms with Gasteiger partial charge in [0.1, 0.15) is 5.82 Å².